The molecule has 2 rings (SSSR count). The Balaban J connectivity index is 2.01. The van der Waals surface area contributed by atoms with Gasteiger partial charge in [0.1, 0.15) is 11.6 Å². The van der Waals surface area contributed by atoms with Crippen molar-refractivity contribution in [1.82, 2.24) is 10.2 Å². The van der Waals surface area contributed by atoms with Gasteiger partial charge in [0.05, 0.1) is 7.11 Å². The number of hydrogen-bond acceptors (Lipinski definition) is 5. The average Bonchev–Trinajstić information content (AvgIpc) is 3.17. The predicted molar refractivity (Wildman–Crippen MR) is 82.6 cm³/mol. The molecule has 0 aromatic rings. The minimum absolute atomic E-state index is 0.0195. The van der Waals surface area contributed by atoms with Crippen LogP contribution >= 0.6 is 0 Å². The monoisotopic (exact) mass is 326 g/mol. The predicted octanol–water partition coefficient (Wildman–Crippen LogP) is 1.45. The summed E-state index contributed by atoms with van der Waals surface area (Å²) >= 11 is 0. The van der Waals surface area contributed by atoms with Crippen molar-refractivity contribution in [2.75, 3.05) is 14.2 Å². The van der Waals surface area contributed by atoms with Crippen LogP contribution in [0.5, 0.6) is 0 Å². The SMILES string of the molecule is COC(=O)[C@H](C[C@@H]1CC2(CC2)N(C)C1=O)NC(=O)OC(C)(C)C. The maximum absolute atomic E-state index is 12.4. The molecule has 1 N–H and O–H groups in total. The van der Waals surface area contributed by atoms with Gasteiger partial charge in [-0.3, -0.25) is 4.79 Å². The Labute approximate surface area is 136 Å². The molecule has 2 aliphatic rings. The summed E-state index contributed by atoms with van der Waals surface area (Å²) < 4.78 is 9.92. The second kappa shape index (κ2) is 6.02. The lowest BCUT2D eigenvalue weighted by atomic mass is 9.95. The Morgan fingerprint density at radius 1 is 1.39 bits per heavy atom. The number of carbonyl (C=O) groups is 3. The minimum Gasteiger partial charge on any atom is -0.467 e. The lowest BCUT2D eigenvalue weighted by Crippen LogP contribution is -2.45. The molecule has 2 atom stereocenters. The number of nitrogens with zero attached hydrogens (tertiary/aromatic N) is 1. The van der Waals surface area contributed by atoms with E-state index in [0.29, 0.717) is 0 Å². The summed E-state index contributed by atoms with van der Waals surface area (Å²) in [6.45, 7) is 5.23. The Hall–Kier alpha value is -1.79. The molecule has 130 valence electrons. The van der Waals surface area contributed by atoms with Crippen LogP contribution in [0.15, 0.2) is 0 Å². The highest BCUT2D eigenvalue weighted by molar-refractivity contribution is 5.85. The Morgan fingerprint density at radius 3 is 2.43 bits per heavy atom. The molecule has 2 fully saturated rings. The third-order valence-electron chi connectivity index (χ3n) is 4.54. The van der Waals surface area contributed by atoms with Gasteiger partial charge >= 0.3 is 12.1 Å². The minimum atomic E-state index is -0.883. The number of carbonyl (C=O) groups excluding carboxylic acids is 3. The Kier molecular flexibility index (Phi) is 4.59. The molecule has 1 aliphatic heterocycles. The normalized spacial score (nSPS) is 23.6. The van der Waals surface area contributed by atoms with Gasteiger partial charge in [0.25, 0.3) is 0 Å². The van der Waals surface area contributed by atoms with Crippen molar-refractivity contribution in [3.63, 3.8) is 0 Å². The van der Waals surface area contributed by atoms with Gasteiger partial charge in [-0.25, -0.2) is 9.59 Å². The summed E-state index contributed by atoms with van der Waals surface area (Å²) in [6, 6.07) is -0.883. The summed E-state index contributed by atoms with van der Waals surface area (Å²) in [5, 5.41) is 2.53. The first-order valence-electron chi connectivity index (χ1n) is 7.93. The molecule has 1 saturated heterocycles. The summed E-state index contributed by atoms with van der Waals surface area (Å²) in [7, 11) is 3.07. The van der Waals surface area contributed by atoms with Gasteiger partial charge in [0.2, 0.25) is 5.91 Å². The van der Waals surface area contributed by atoms with Crippen LogP contribution in [-0.2, 0) is 19.1 Å². The van der Waals surface area contributed by atoms with E-state index < -0.39 is 23.7 Å². The van der Waals surface area contributed by atoms with E-state index in [1.54, 1.807) is 25.7 Å². The first-order chi connectivity index (χ1) is 10.6. The highest BCUT2D eigenvalue weighted by Gasteiger charge is 2.56. The lowest BCUT2D eigenvalue weighted by molar-refractivity contribution is -0.144. The Bertz CT molecular complexity index is 507. The largest absolute Gasteiger partial charge is 0.467 e. The van der Waals surface area contributed by atoms with E-state index >= 15 is 0 Å². The van der Waals surface area contributed by atoms with Crippen LogP contribution in [0.4, 0.5) is 4.79 Å². The van der Waals surface area contributed by atoms with Gasteiger partial charge in [-0.1, -0.05) is 0 Å². The smallest absolute Gasteiger partial charge is 0.408 e. The van der Waals surface area contributed by atoms with E-state index in [1.165, 1.54) is 7.11 Å². The molecule has 0 aromatic carbocycles. The van der Waals surface area contributed by atoms with Crippen LogP contribution in [0, 0.1) is 5.92 Å². The van der Waals surface area contributed by atoms with Crippen molar-refractivity contribution in [3.05, 3.63) is 0 Å². The van der Waals surface area contributed by atoms with E-state index in [2.05, 4.69) is 5.32 Å². The number of likely N-dealkylation sites (tertiary alicyclic amines) is 1. The van der Waals surface area contributed by atoms with Crippen molar-refractivity contribution in [3.8, 4) is 0 Å². The quantitative estimate of drug-likeness (QED) is 0.791. The fourth-order valence-corrected chi connectivity index (χ4v) is 3.15. The fourth-order valence-electron chi connectivity index (χ4n) is 3.15. The average molecular weight is 326 g/mol. The van der Waals surface area contributed by atoms with E-state index in [4.69, 9.17) is 9.47 Å². The van der Waals surface area contributed by atoms with E-state index in [1.807, 2.05) is 7.05 Å². The van der Waals surface area contributed by atoms with Crippen LogP contribution in [0.2, 0.25) is 0 Å². The van der Waals surface area contributed by atoms with Crippen molar-refractivity contribution >= 4 is 18.0 Å². The highest BCUT2D eigenvalue weighted by atomic mass is 16.6. The molecular formula is C16H26N2O5. The summed E-state index contributed by atoms with van der Waals surface area (Å²) in [5.74, 6) is -0.813. The maximum atomic E-state index is 12.4. The van der Waals surface area contributed by atoms with Gasteiger partial charge in [-0.05, 0) is 46.5 Å². The zero-order valence-corrected chi connectivity index (χ0v) is 14.5. The van der Waals surface area contributed by atoms with E-state index in [0.717, 1.165) is 19.3 Å². The lowest BCUT2D eigenvalue weighted by Gasteiger charge is -2.23. The maximum Gasteiger partial charge on any atom is 0.408 e. The second-order valence-corrected chi connectivity index (χ2v) is 7.48. The van der Waals surface area contributed by atoms with Crippen LogP contribution in [0.25, 0.3) is 0 Å². The van der Waals surface area contributed by atoms with Crippen LogP contribution in [0.1, 0.15) is 46.5 Å². The molecule has 7 nitrogen and oxygen atoms in total. The number of esters is 1. The topological polar surface area (TPSA) is 84.9 Å². The number of amides is 2. The third-order valence-corrected chi connectivity index (χ3v) is 4.54. The number of rotatable bonds is 4. The first-order valence-corrected chi connectivity index (χ1v) is 7.93. The van der Waals surface area contributed by atoms with Gasteiger partial charge < -0.3 is 19.7 Å². The number of ether oxygens (including phenoxy) is 2. The second-order valence-electron chi connectivity index (χ2n) is 7.48. The molecule has 7 heteroatoms. The molecule has 1 aliphatic carbocycles. The van der Waals surface area contributed by atoms with E-state index in [-0.39, 0.29) is 23.8 Å². The molecule has 2 amide bonds. The molecule has 0 bridgehead atoms. The molecule has 1 spiro atoms. The van der Waals surface area contributed by atoms with E-state index in [9.17, 15) is 14.4 Å². The van der Waals surface area contributed by atoms with Crippen molar-refractivity contribution in [1.29, 1.82) is 0 Å². The van der Waals surface area contributed by atoms with Gasteiger partial charge in [-0.2, -0.15) is 0 Å². The molecule has 1 heterocycles. The summed E-state index contributed by atoms with van der Waals surface area (Å²) in [6.07, 6.45) is 2.29. The fraction of sp³-hybridized carbons (Fsp3) is 0.812. The Morgan fingerprint density at radius 2 is 2.00 bits per heavy atom. The highest BCUT2D eigenvalue weighted by Crippen LogP contribution is 2.51. The van der Waals surface area contributed by atoms with Gasteiger partial charge in [0.15, 0.2) is 0 Å². The summed E-state index contributed by atoms with van der Waals surface area (Å²) in [5.41, 5.74) is -0.680. The van der Waals surface area contributed by atoms with Crippen LogP contribution in [0.3, 0.4) is 0 Å². The molecule has 0 aromatic heterocycles. The molecular weight excluding hydrogens is 300 g/mol. The number of nitrogens with one attached hydrogen (secondary N) is 1. The van der Waals surface area contributed by atoms with Crippen molar-refractivity contribution in [2.45, 2.75) is 63.6 Å². The molecule has 0 unspecified atom stereocenters. The number of alkyl carbamates (subject to hydrolysis) is 1. The number of methoxy groups -OCH3 is 1. The zero-order valence-electron chi connectivity index (χ0n) is 14.5. The third kappa shape index (κ3) is 3.95. The number of hydrogen-bond donors (Lipinski definition) is 1. The summed E-state index contributed by atoms with van der Waals surface area (Å²) in [4.78, 5) is 38.0. The molecule has 23 heavy (non-hydrogen) atoms. The van der Waals surface area contributed by atoms with Crippen molar-refractivity contribution in [2.24, 2.45) is 5.92 Å². The first kappa shape index (κ1) is 17.6. The standard InChI is InChI=1S/C16H26N2O5/c1-15(2,3)23-14(21)17-11(13(20)22-5)8-10-9-16(6-7-16)18(4)12(10)19/h10-11H,6-9H2,1-5H3,(H,17,21)/t10-,11+/m1/s1. The molecule has 1 saturated carbocycles. The van der Waals surface area contributed by atoms with Gasteiger partial charge in [0, 0.05) is 18.5 Å². The zero-order chi connectivity index (χ0) is 17.4. The van der Waals surface area contributed by atoms with Gasteiger partial charge in [-0.15, -0.1) is 0 Å². The van der Waals surface area contributed by atoms with Crippen LogP contribution < -0.4 is 5.32 Å². The molecule has 0 radical (unpaired) electrons. The van der Waals surface area contributed by atoms with Crippen LogP contribution in [-0.4, -0.2) is 54.2 Å². The van der Waals surface area contributed by atoms with Crippen molar-refractivity contribution < 1.29 is 23.9 Å².